The number of hydrogen-bond donors (Lipinski definition) is 2. The number of aromatic nitrogens is 1. The summed E-state index contributed by atoms with van der Waals surface area (Å²) < 4.78 is 73.1. The maximum Gasteiger partial charge on any atom is 0.271 e. The molecular weight excluding hydrogens is 561 g/mol. The Morgan fingerprint density at radius 2 is 1.56 bits per heavy atom. The summed E-state index contributed by atoms with van der Waals surface area (Å²) in [6.45, 7) is 0.490. The number of anilines is 1. The first-order chi connectivity index (χ1) is 18.6. The highest BCUT2D eigenvalue weighted by atomic mass is 32.2. The summed E-state index contributed by atoms with van der Waals surface area (Å²) in [5.74, 6) is 0.384. The molecule has 9 nitrogen and oxygen atoms in total. The molecule has 204 valence electrons. The Morgan fingerprint density at radius 3 is 2.31 bits per heavy atom. The Balaban J connectivity index is 1.53. The number of unbranched alkanes of at least 4 members (excludes halogenated alkanes) is 1. The molecule has 0 radical (unpaired) electrons. The van der Waals surface area contributed by atoms with Crippen LogP contribution < -0.4 is 14.2 Å². The normalized spacial score (nSPS) is 14.6. The first-order valence-electron chi connectivity index (χ1n) is 12.3. The summed E-state index contributed by atoms with van der Waals surface area (Å²) in [6.07, 6.45) is 2.58. The molecule has 1 aliphatic heterocycles. The number of ether oxygens (including phenoxy) is 1. The summed E-state index contributed by atoms with van der Waals surface area (Å²) in [6, 6.07) is 23.4. The molecular formula is C27H27N2O7S3+. The summed E-state index contributed by atoms with van der Waals surface area (Å²) in [5.41, 5.74) is 3.68. The molecule has 1 aliphatic rings. The van der Waals surface area contributed by atoms with Crippen molar-refractivity contribution in [3.63, 3.8) is 0 Å². The van der Waals surface area contributed by atoms with E-state index in [9.17, 15) is 21.4 Å². The van der Waals surface area contributed by atoms with Crippen LogP contribution in [0.3, 0.4) is 0 Å². The number of aryl methyl sites for hydroxylation is 1. The van der Waals surface area contributed by atoms with Crippen LogP contribution in [0.2, 0.25) is 0 Å². The van der Waals surface area contributed by atoms with Gasteiger partial charge in [-0.3, -0.25) is 9.11 Å². The molecule has 0 amide bonds. The van der Waals surface area contributed by atoms with Crippen LogP contribution in [0.4, 0.5) is 5.69 Å². The molecule has 0 aliphatic carbocycles. The summed E-state index contributed by atoms with van der Waals surface area (Å²) >= 11 is 1.46. The number of benzene rings is 3. The second-order valence-corrected chi connectivity index (χ2v) is 13.3. The number of fused-ring (bicyclic) bond motifs is 2. The number of thiazole rings is 1. The van der Waals surface area contributed by atoms with Gasteiger partial charge in [-0.05, 0) is 42.2 Å². The molecule has 3 aromatic carbocycles. The van der Waals surface area contributed by atoms with Crippen molar-refractivity contribution in [1.82, 2.24) is 0 Å². The third-order valence-electron chi connectivity index (χ3n) is 6.33. The highest BCUT2D eigenvalue weighted by Crippen LogP contribution is 2.42. The van der Waals surface area contributed by atoms with Gasteiger partial charge in [0.2, 0.25) is 11.4 Å². The van der Waals surface area contributed by atoms with E-state index in [2.05, 4.69) is 0 Å². The largest absolute Gasteiger partial charge is 0.438 e. The molecule has 0 unspecified atom stereocenters. The predicted molar refractivity (Wildman–Crippen MR) is 152 cm³/mol. The van der Waals surface area contributed by atoms with E-state index in [1.807, 2.05) is 88.3 Å². The molecule has 2 heterocycles. The van der Waals surface area contributed by atoms with Gasteiger partial charge in [0.1, 0.15) is 10.5 Å². The number of rotatable bonds is 10. The predicted octanol–water partition coefficient (Wildman–Crippen LogP) is 4.61. The fourth-order valence-electron chi connectivity index (χ4n) is 4.51. The van der Waals surface area contributed by atoms with Gasteiger partial charge in [-0.1, -0.05) is 59.9 Å². The van der Waals surface area contributed by atoms with Crippen molar-refractivity contribution < 1.29 is 35.2 Å². The molecule has 5 rings (SSSR count). The first-order valence-corrected chi connectivity index (χ1v) is 16.3. The third-order valence-corrected chi connectivity index (χ3v) is 8.94. The van der Waals surface area contributed by atoms with Gasteiger partial charge in [0.15, 0.2) is 12.3 Å². The fourth-order valence-corrected chi connectivity index (χ4v) is 6.60. The molecule has 39 heavy (non-hydrogen) atoms. The van der Waals surface area contributed by atoms with Crippen molar-refractivity contribution in [3.05, 3.63) is 83.7 Å². The molecule has 0 bridgehead atoms. The van der Waals surface area contributed by atoms with Crippen LogP contribution in [-0.4, -0.2) is 44.0 Å². The second kappa shape index (κ2) is 11.1. The Hall–Kier alpha value is -3.29. The summed E-state index contributed by atoms with van der Waals surface area (Å²) in [4.78, 5) is 1.96. The Labute approximate surface area is 231 Å². The highest BCUT2D eigenvalue weighted by Gasteiger charge is 2.30. The maximum absolute atomic E-state index is 11.5. The van der Waals surface area contributed by atoms with Crippen LogP contribution >= 0.6 is 11.3 Å². The Kier molecular flexibility index (Phi) is 7.74. The molecule has 2 N–H and O–H groups in total. The SMILES string of the molecule is O=S(=O)(O)CCCCN1/C(=C/c2sc3ccccc3[n+]2CCS(=O)(=O)O)Oc2ccc(-c3ccccc3)cc21. The van der Waals surface area contributed by atoms with E-state index in [1.165, 1.54) is 11.3 Å². The minimum atomic E-state index is -4.17. The monoisotopic (exact) mass is 587 g/mol. The minimum absolute atomic E-state index is 0.0570. The molecule has 0 atom stereocenters. The lowest BCUT2D eigenvalue weighted by molar-refractivity contribution is -0.664. The van der Waals surface area contributed by atoms with Crippen molar-refractivity contribution >= 4 is 53.6 Å². The van der Waals surface area contributed by atoms with Crippen LogP contribution in [0, 0.1) is 0 Å². The van der Waals surface area contributed by atoms with Gasteiger partial charge in [-0.25, -0.2) is 0 Å². The van der Waals surface area contributed by atoms with E-state index in [1.54, 1.807) is 0 Å². The van der Waals surface area contributed by atoms with Crippen molar-refractivity contribution in [1.29, 1.82) is 0 Å². The average Bonchev–Trinajstić information content (AvgIpc) is 3.41. The summed E-state index contributed by atoms with van der Waals surface area (Å²) in [7, 11) is -8.23. The van der Waals surface area contributed by atoms with Gasteiger partial charge in [0, 0.05) is 12.6 Å². The van der Waals surface area contributed by atoms with Crippen molar-refractivity contribution in [2.24, 2.45) is 0 Å². The topological polar surface area (TPSA) is 125 Å². The third kappa shape index (κ3) is 6.65. The van der Waals surface area contributed by atoms with Gasteiger partial charge in [-0.15, -0.1) is 0 Å². The van der Waals surface area contributed by atoms with E-state index in [4.69, 9.17) is 9.29 Å². The Morgan fingerprint density at radius 1 is 0.846 bits per heavy atom. The molecule has 4 aromatic rings. The van der Waals surface area contributed by atoms with Crippen molar-refractivity contribution in [3.8, 4) is 16.9 Å². The lowest BCUT2D eigenvalue weighted by Crippen LogP contribution is -2.38. The van der Waals surface area contributed by atoms with Crippen LogP contribution in [0.5, 0.6) is 5.75 Å². The van der Waals surface area contributed by atoms with Crippen molar-refractivity contribution in [2.75, 3.05) is 23.0 Å². The minimum Gasteiger partial charge on any atom is -0.438 e. The van der Waals surface area contributed by atoms with E-state index >= 15 is 0 Å². The quantitative estimate of drug-likeness (QED) is 0.157. The van der Waals surface area contributed by atoms with Gasteiger partial charge >= 0.3 is 0 Å². The number of hydrogen-bond acceptors (Lipinski definition) is 7. The zero-order valence-corrected chi connectivity index (χ0v) is 23.3. The van der Waals surface area contributed by atoms with Gasteiger partial charge in [0.25, 0.3) is 25.2 Å². The lowest BCUT2D eigenvalue weighted by atomic mass is 10.0. The molecule has 0 saturated heterocycles. The fraction of sp³-hybridized carbons (Fsp3) is 0.222. The standard InChI is InChI=1S/C27H26N2O7S3/c30-38(31,32)16-7-6-14-28-23-18-21(20-8-2-1-3-9-20)12-13-24(23)36-26(28)19-27-29(15-17-39(33,34)35)22-10-4-5-11-25(22)37-27/h1-5,8-13,18-19H,6-7,14-17H2,(H-,30,31,32,33,34,35)/p+1. The maximum atomic E-state index is 11.5. The highest BCUT2D eigenvalue weighted by molar-refractivity contribution is 7.86. The van der Waals surface area contributed by atoms with Gasteiger partial charge in [0.05, 0.1) is 17.5 Å². The molecule has 12 heteroatoms. The zero-order chi connectivity index (χ0) is 27.6. The van der Waals surface area contributed by atoms with Gasteiger partial charge in [-0.2, -0.15) is 21.4 Å². The zero-order valence-electron chi connectivity index (χ0n) is 20.8. The van der Waals surface area contributed by atoms with Crippen LogP contribution in [0.1, 0.15) is 17.8 Å². The van der Waals surface area contributed by atoms with E-state index in [-0.39, 0.29) is 18.7 Å². The Bertz CT molecular complexity index is 1750. The van der Waals surface area contributed by atoms with E-state index < -0.39 is 26.0 Å². The lowest BCUT2D eigenvalue weighted by Gasteiger charge is -2.18. The van der Waals surface area contributed by atoms with E-state index in [0.29, 0.717) is 24.6 Å². The first kappa shape index (κ1) is 27.3. The van der Waals surface area contributed by atoms with E-state index in [0.717, 1.165) is 32.0 Å². The average molecular weight is 588 g/mol. The van der Waals surface area contributed by atoms with Crippen LogP contribution in [-0.2, 0) is 26.8 Å². The van der Waals surface area contributed by atoms with Crippen molar-refractivity contribution in [2.45, 2.75) is 19.4 Å². The molecule has 0 saturated carbocycles. The van der Waals surface area contributed by atoms with Crippen LogP contribution in [0.15, 0.2) is 78.7 Å². The smallest absolute Gasteiger partial charge is 0.271 e. The molecule has 0 spiro atoms. The molecule has 0 fully saturated rings. The number of para-hydroxylation sites is 1. The molecule has 1 aromatic heterocycles. The number of nitrogens with zero attached hydrogens (tertiary/aromatic N) is 2. The summed E-state index contributed by atoms with van der Waals surface area (Å²) in [5, 5.41) is 0.730. The van der Waals surface area contributed by atoms with Crippen LogP contribution in [0.25, 0.3) is 27.4 Å². The second-order valence-electron chi connectivity index (χ2n) is 9.12. The van der Waals surface area contributed by atoms with Gasteiger partial charge < -0.3 is 9.64 Å².